The molecule has 0 unspecified atom stereocenters. The van der Waals surface area contributed by atoms with Crippen LogP contribution < -0.4 is 9.62 Å². The smallest absolute Gasteiger partial charge is 0.264 e. The van der Waals surface area contributed by atoms with E-state index in [9.17, 15) is 22.4 Å². The molecule has 3 aromatic rings. The summed E-state index contributed by atoms with van der Waals surface area (Å²) in [5, 5.41) is 2.57. The number of carbonyl (C=O) groups excluding carboxylic acids is 2. The van der Waals surface area contributed by atoms with Crippen molar-refractivity contribution in [3.05, 3.63) is 94.8 Å². The van der Waals surface area contributed by atoms with Crippen molar-refractivity contribution in [2.24, 2.45) is 0 Å². The zero-order valence-electron chi connectivity index (χ0n) is 22.4. The predicted octanol–water partition coefficient (Wildman–Crippen LogP) is 5.31. The van der Waals surface area contributed by atoms with Crippen LogP contribution in [0.25, 0.3) is 0 Å². The highest BCUT2D eigenvalue weighted by molar-refractivity contribution is 7.92. The molecular weight excluding hydrogens is 541 g/mol. The fourth-order valence-corrected chi connectivity index (χ4v) is 5.80. The Kier molecular flexibility index (Phi) is 10.1. The monoisotopic (exact) mass is 573 g/mol. The normalized spacial score (nSPS) is 12.2. The van der Waals surface area contributed by atoms with E-state index in [0.717, 1.165) is 21.5 Å². The Morgan fingerprint density at radius 2 is 1.69 bits per heavy atom. The highest BCUT2D eigenvalue weighted by atomic mass is 35.5. The van der Waals surface area contributed by atoms with E-state index >= 15 is 0 Å². The molecule has 39 heavy (non-hydrogen) atoms. The van der Waals surface area contributed by atoms with Crippen LogP contribution in [0.1, 0.15) is 38.3 Å². The van der Waals surface area contributed by atoms with E-state index in [4.69, 9.17) is 11.6 Å². The van der Waals surface area contributed by atoms with E-state index in [1.165, 1.54) is 29.2 Å². The summed E-state index contributed by atoms with van der Waals surface area (Å²) in [5.74, 6) is -1.65. The molecule has 0 heterocycles. The Morgan fingerprint density at radius 3 is 2.28 bits per heavy atom. The Hall–Kier alpha value is -3.43. The van der Waals surface area contributed by atoms with Crippen LogP contribution in [-0.2, 0) is 26.2 Å². The quantitative estimate of drug-likeness (QED) is 0.337. The first-order valence-electron chi connectivity index (χ1n) is 12.6. The highest BCUT2D eigenvalue weighted by Gasteiger charge is 2.34. The molecule has 208 valence electrons. The third-order valence-corrected chi connectivity index (χ3v) is 8.13. The Balaban J connectivity index is 2.08. The molecule has 0 aliphatic carbocycles. The van der Waals surface area contributed by atoms with Crippen molar-refractivity contribution in [2.75, 3.05) is 10.8 Å². The summed E-state index contributed by atoms with van der Waals surface area (Å²) in [7, 11) is -4.26. The lowest BCUT2D eigenvalue weighted by Crippen LogP contribution is -2.53. The molecule has 7 nitrogen and oxygen atoms in total. The lowest BCUT2D eigenvalue weighted by molar-refractivity contribution is -0.140. The Labute approximate surface area is 234 Å². The van der Waals surface area contributed by atoms with Gasteiger partial charge in [0.25, 0.3) is 10.0 Å². The van der Waals surface area contributed by atoms with Crippen LogP contribution >= 0.6 is 11.6 Å². The molecule has 3 aromatic carbocycles. The first-order valence-corrected chi connectivity index (χ1v) is 14.4. The van der Waals surface area contributed by atoms with Crippen LogP contribution in [0.15, 0.2) is 77.7 Å². The predicted molar refractivity (Wildman–Crippen MR) is 151 cm³/mol. The summed E-state index contributed by atoms with van der Waals surface area (Å²) >= 11 is 5.99. The number of nitrogens with one attached hydrogen (secondary N) is 1. The van der Waals surface area contributed by atoms with Crippen molar-refractivity contribution < 1.29 is 22.4 Å². The summed E-state index contributed by atoms with van der Waals surface area (Å²) in [5.41, 5.74) is 1.80. The molecule has 2 amide bonds. The largest absolute Gasteiger partial charge is 0.352 e. The second-order valence-corrected chi connectivity index (χ2v) is 11.8. The second kappa shape index (κ2) is 13.1. The number of nitrogens with zero attached hydrogens (tertiary/aromatic N) is 2. The number of benzene rings is 3. The molecular formula is C29H33ClFN3O4S. The van der Waals surface area contributed by atoms with Crippen LogP contribution in [0.4, 0.5) is 10.1 Å². The van der Waals surface area contributed by atoms with E-state index < -0.39 is 34.3 Å². The SMILES string of the molecule is CC[C@H](C(=O)NC(C)C)N(Cc1cccc(C)c1)C(=O)CN(c1ccc(F)c(Cl)c1)S(=O)(=O)c1ccccc1. The molecule has 1 atom stereocenters. The maximum absolute atomic E-state index is 14.0. The molecule has 1 N–H and O–H groups in total. The van der Waals surface area contributed by atoms with Gasteiger partial charge in [0.2, 0.25) is 11.8 Å². The second-order valence-electron chi connectivity index (χ2n) is 9.52. The van der Waals surface area contributed by atoms with E-state index in [-0.39, 0.29) is 34.1 Å². The lowest BCUT2D eigenvalue weighted by Gasteiger charge is -2.33. The van der Waals surface area contributed by atoms with Gasteiger partial charge in [-0.25, -0.2) is 12.8 Å². The van der Waals surface area contributed by atoms with Crippen LogP contribution in [0.5, 0.6) is 0 Å². The van der Waals surface area contributed by atoms with Gasteiger partial charge in [-0.1, -0.05) is 66.6 Å². The minimum absolute atomic E-state index is 0.0220. The molecule has 0 radical (unpaired) electrons. The standard InChI is InChI=1S/C29H33ClFN3O4S/c1-5-27(29(36)32-20(2)3)33(18-22-11-9-10-21(4)16-22)28(35)19-34(23-14-15-26(31)25(30)17-23)39(37,38)24-12-7-6-8-13-24/h6-17,20,27H,5,18-19H2,1-4H3,(H,32,36)/t27-/m1/s1. The topological polar surface area (TPSA) is 86.8 Å². The summed E-state index contributed by atoms with van der Waals surface area (Å²) < 4.78 is 42.4. The number of halogens is 2. The molecule has 0 fully saturated rings. The molecule has 0 saturated carbocycles. The number of hydrogen-bond acceptors (Lipinski definition) is 4. The third-order valence-electron chi connectivity index (χ3n) is 6.05. The highest BCUT2D eigenvalue weighted by Crippen LogP contribution is 2.28. The summed E-state index contributed by atoms with van der Waals surface area (Å²) in [6, 6.07) is 17.6. The van der Waals surface area contributed by atoms with E-state index in [1.807, 2.05) is 45.0 Å². The molecule has 10 heteroatoms. The zero-order valence-corrected chi connectivity index (χ0v) is 24.0. The Bertz CT molecular complexity index is 1420. The minimum atomic E-state index is -4.26. The first kappa shape index (κ1) is 30.1. The lowest BCUT2D eigenvalue weighted by atomic mass is 10.1. The van der Waals surface area contributed by atoms with Gasteiger partial charge < -0.3 is 10.2 Å². The summed E-state index contributed by atoms with van der Waals surface area (Å²) in [6.07, 6.45) is 0.309. The minimum Gasteiger partial charge on any atom is -0.352 e. The molecule has 0 bridgehead atoms. The van der Waals surface area contributed by atoms with Crippen LogP contribution in [0.3, 0.4) is 0 Å². The average molecular weight is 574 g/mol. The van der Waals surface area contributed by atoms with Gasteiger partial charge in [-0.3, -0.25) is 13.9 Å². The average Bonchev–Trinajstić information content (AvgIpc) is 2.88. The fourth-order valence-electron chi connectivity index (χ4n) is 4.20. The third kappa shape index (κ3) is 7.58. The van der Waals surface area contributed by atoms with Gasteiger partial charge in [-0.15, -0.1) is 0 Å². The molecule has 0 saturated heterocycles. The summed E-state index contributed by atoms with van der Waals surface area (Å²) in [6.45, 7) is 6.82. The van der Waals surface area contributed by atoms with Crippen molar-refractivity contribution in [1.29, 1.82) is 0 Å². The molecule has 0 aromatic heterocycles. The van der Waals surface area contributed by atoms with E-state index in [0.29, 0.717) is 6.42 Å². The number of rotatable bonds is 11. The molecule has 3 rings (SSSR count). The Morgan fingerprint density at radius 1 is 1.00 bits per heavy atom. The maximum Gasteiger partial charge on any atom is 0.264 e. The van der Waals surface area contributed by atoms with Gasteiger partial charge in [0.1, 0.15) is 18.4 Å². The number of aryl methyl sites for hydroxylation is 1. The number of anilines is 1. The number of amides is 2. The van der Waals surface area contributed by atoms with Crippen molar-refractivity contribution in [2.45, 2.75) is 57.6 Å². The van der Waals surface area contributed by atoms with Gasteiger partial charge >= 0.3 is 0 Å². The number of hydrogen-bond donors (Lipinski definition) is 1. The fraction of sp³-hybridized carbons (Fsp3) is 0.310. The van der Waals surface area contributed by atoms with Gasteiger partial charge in [-0.2, -0.15) is 0 Å². The van der Waals surface area contributed by atoms with Crippen molar-refractivity contribution >= 4 is 39.1 Å². The van der Waals surface area contributed by atoms with Gasteiger partial charge in [-0.05, 0) is 63.1 Å². The number of carbonyl (C=O) groups is 2. The van der Waals surface area contributed by atoms with Crippen LogP contribution in [0, 0.1) is 12.7 Å². The number of sulfonamides is 1. The summed E-state index contributed by atoms with van der Waals surface area (Å²) in [4.78, 5) is 28.5. The molecule has 0 spiro atoms. The van der Waals surface area contributed by atoms with Gasteiger partial charge in [0, 0.05) is 12.6 Å². The van der Waals surface area contributed by atoms with Crippen molar-refractivity contribution in [3.8, 4) is 0 Å². The van der Waals surface area contributed by atoms with Gasteiger partial charge in [0.05, 0.1) is 15.6 Å². The molecule has 0 aliphatic rings. The van der Waals surface area contributed by atoms with E-state index in [1.54, 1.807) is 25.1 Å². The maximum atomic E-state index is 14.0. The first-order chi connectivity index (χ1) is 18.4. The van der Waals surface area contributed by atoms with Crippen LogP contribution in [-0.4, -0.2) is 43.8 Å². The van der Waals surface area contributed by atoms with Crippen LogP contribution in [0.2, 0.25) is 5.02 Å². The van der Waals surface area contributed by atoms with E-state index in [2.05, 4.69) is 5.32 Å². The van der Waals surface area contributed by atoms with Crippen molar-refractivity contribution in [1.82, 2.24) is 10.2 Å². The van der Waals surface area contributed by atoms with Crippen molar-refractivity contribution in [3.63, 3.8) is 0 Å². The van der Waals surface area contributed by atoms with Gasteiger partial charge in [0.15, 0.2) is 0 Å². The molecule has 0 aliphatic heterocycles. The zero-order chi connectivity index (χ0) is 28.7.